The summed E-state index contributed by atoms with van der Waals surface area (Å²) in [5.74, 6) is -0.267. The minimum Gasteiger partial charge on any atom is -0.328 e. The van der Waals surface area contributed by atoms with Gasteiger partial charge in [-0.1, -0.05) is 42.3 Å². The topological polar surface area (TPSA) is 41.1 Å². The van der Waals surface area contributed by atoms with Crippen LogP contribution in [0.3, 0.4) is 0 Å². The Hall–Kier alpha value is -1.62. The van der Waals surface area contributed by atoms with Crippen molar-refractivity contribution in [1.29, 1.82) is 0 Å². The van der Waals surface area contributed by atoms with Crippen LogP contribution >= 0.6 is 23.2 Å². The smallest absolute Gasteiger partial charge is 0.211 e. The van der Waals surface area contributed by atoms with Crippen LogP contribution in [0.15, 0.2) is 36.4 Å². The maximum Gasteiger partial charge on any atom is 0.211 e. The maximum atomic E-state index is 13.6. The zero-order chi connectivity index (χ0) is 16.8. The van der Waals surface area contributed by atoms with Gasteiger partial charge in [0.25, 0.3) is 0 Å². The van der Waals surface area contributed by atoms with Crippen molar-refractivity contribution in [3.05, 3.63) is 63.4 Å². The molecule has 0 saturated heterocycles. The molecule has 3 nitrogen and oxygen atoms in total. The molecule has 2 aromatic carbocycles. The van der Waals surface area contributed by atoms with Crippen LogP contribution in [0.25, 0.3) is 0 Å². The van der Waals surface area contributed by atoms with Crippen molar-refractivity contribution < 1.29 is 9.18 Å². The third-order valence-corrected chi connectivity index (χ3v) is 4.07. The Morgan fingerprint density at radius 3 is 2.74 bits per heavy atom. The second-order valence-corrected chi connectivity index (χ2v) is 6.12. The van der Waals surface area contributed by atoms with Crippen molar-refractivity contribution in [2.24, 2.45) is 0 Å². The van der Waals surface area contributed by atoms with Gasteiger partial charge in [-0.25, -0.2) is 4.39 Å². The molecule has 0 aliphatic rings. The van der Waals surface area contributed by atoms with Gasteiger partial charge < -0.3 is 10.6 Å². The molecule has 0 fully saturated rings. The van der Waals surface area contributed by atoms with E-state index < -0.39 is 5.82 Å². The van der Waals surface area contributed by atoms with Crippen LogP contribution < -0.4 is 10.6 Å². The molecule has 0 radical (unpaired) electrons. The first-order chi connectivity index (χ1) is 11.0. The van der Waals surface area contributed by atoms with Gasteiger partial charge in [0.1, 0.15) is 5.82 Å². The molecule has 2 rings (SSSR count). The van der Waals surface area contributed by atoms with Gasteiger partial charge in [0.15, 0.2) is 0 Å². The van der Waals surface area contributed by atoms with Gasteiger partial charge in [-0.2, -0.15) is 0 Å². The number of hydrogen-bond donors (Lipinski definition) is 2. The summed E-state index contributed by atoms with van der Waals surface area (Å²) >= 11 is 11.7. The molecule has 0 bridgehead atoms. The van der Waals surface area contributed by atoms with E-state index in [1.54, 1.807) is 0 Å². The van der Waals surface area contributed by atoms with Crippen molar-refractivity contribution in [3.63, 3.8) is 0 Å². The first kappa shape index (κ1) is 17.7. The van der Waals surface area contributed by atoms with E-state index in [1.807, 2.05) is 24.3 Å². The summed E-state index contributed by atoms with van der Waals surface area (Å²) in [6.07, 6.45) is 0.543. The largest absolute Gasteiger partial charge is 0.328 e. The molecule has 122 valence electrons. The van der Waals surface area contributed by atoms with Crippen LogP contribution in [0, 0.1) is 5.82 Å². The fourth-order valence-electron chi connectivity index (χ4n) is 2.29. The van der Waals surface area contributed by atoms with E-state index >= 15 is 0 Å². The minimum absolute atomic E-state index is 0.0228. The lowest BCUT2D eigenvalue weighted by Crippen LogP contribution is -2.20. The molecule has 0 aromatic heterocycles. The molecule has 2 N–H and O–H groups in total. The maximum absolute atomic E-state index is 13.6. The van der Waals surface area contributed by atoms with Crippen molar-refractivity contribution in [2.45, 2.75) is 19.4 Å². The van der Waals surface area contributed by atoms with E-state index in [2.05, 4.69) is 17.6 Å². The highest BCUT2D eigenvalue weighted by Gasteiger charge is 2.10. The summed E-state index contributed by atoms with van der Waals surface area (Å²) in [7, 11) is 0. The molecule has 0 saturated carbocycles. The Bertz CT molecular complexity index is 694. The molecular formula is C17H17Cl2FN2O. The Labute approximate surface area is 144 Å². The first-order valence-electron chi connectivity index (χ1n) is 7.15. The van der Waals surface area contributed by atoms with Crippen LogP contribution in [-0.4, -0.2) is 13.0 Å². The van der Waals surface area contributed by atoms with E-state index in [9.17, 15) is 9.18 Å². The summed E-state index contributed by atoms with van der Waals surface area (Å²) in [6.45, 7) is 3.17. The first-order valence-corrected chi connectivity index (χ1v) is 7.91. The van der Waals surface area contributed by atoms with Gasteiger partial charge in [0, 0.05) is 23.8 Å². The predicted octanol–water partition coefficient (Wildman–Crippen LogP) is 4.59. The average Bonchev–Trinajstić information content (AvgIpc) is 2.52. The molecule has 1 amide bonds. The van der Waals surface area contributed by atoms with Crippen molar-refractivity contribution >= 4 is 35.3 Å². The van der Waals surface area contributed by atoms with Gasteiger partial charge in [-0.3, -0.25) is 4.79 Å². The van der Waals surface area contributed by atoms with Crippen LogP contribution in [0.1, 0.15) is 24.0 Å². The Morgan fingerprint density at radius 2 is 2.04 bits per heavy atom. The van der Waals surface area contributed by atoms with Crippen LogP contribution in [0.4, 0.5) is 10.1 Å². The summed E-state index contributed by atoms with van der Waals surface area (Å²) in [5.41, 5.74) is 2.25. The molecule has 6 heteroatoms. The third kappa shape index (κ3) is 4.93. The normalized spacial score (nSPS) is 12.0. The van der Waals surface area contributed by atoms with Crippen LogP contribution in [0.5, 0.6) is 0 Å². The lowest BCUT2D eigenvalue weighted by atomic mass is 10.0. The summed E-state index contributed by atoms with van der Waals surface area (Å²) < 4.78 is 13.6. The van der Waals surface area contributed by atoms with Crippen molar-refractivity contribution in [2.75, 3.05) is 11.9 Å². The van der Waals surface area contributed by atoms with Gasteiger partial charge in [-0.15, -0.1) is 0 Å². The predicted molar refractivity (Wildman–Crippen MR) is 92.7 cm³/mol. The number of rotatable bonds is 7. The van der Waals surface area contributed by atoms with Crippen LogP contribution in [-0.2, 0) is 11.3 Å². The van der Waals surface area contributed by atoms with Crippen molar-refractivity contribution in [1.82, 2.24) is 5.32 Å². The lowest BCUT2D eigenvalue weighted by Gasteiger charge is -2.15. The Morgan fingerprint density at radius 1 is 1.26 bits per heavy atom. The standard InChI is InChI=1S/C17H17Cl2FN2O/c1-11(12-3-2-4-14(18)5-12)8-21-9-13-6-16(20)15(19)7-17(13)22-10-23/h2-7,10-11,21H,8-9H2,1H3,(H,22,23). The monoisotopic (exact) mass is 354 g/mol. The average molecular weight is 355 g/mol. The highest BCUT2D eigenvalue weighted by atomic mass is 35.5. The zero-order valence-electron chi connectivity index (χ0n) is 12.6. The lowest BCUT2D eigenvalue weighted by molar-refractivity contribution is -0.105. The summed E-state index contributed by atoms with van der Waals surface area (Å²) in [6, 6.07) is 10.4. The fourth-order valence-corrected chi connectivity index (χ4v) is 2.65. The molecule has 23 heavy (non-hydrogen) atoms. The summed E-state index contributed by atoms with van der Waals surface area (Å²) in [4.78, 5) is 10.6. The number of benzene rings is 2. The molecule has 0 aliphatic carbocycles. The van der Waals surface area contributed by atoms with Gasteiger partial charge >= 0.3 is 0 Å². The van der Waals surface area contributed by atoms with E-state index in [-0.39, 0.29) is 10.9 Å². The summed E-state index contributed by atoms with van der Waals surface area (Å²) in [5, 5.41) is 6.47. The zero-order valence-corrected chi connectivity index (χ0v) is 14.1. The van der Waals surface area contributed by atoms with E-state index in [1.165, 1.54) is 12.1 Å². The van der Waals surface area contributed by atoms with E-state index in [4.69, 9.17) is 23.2 Å². The van der Waals surface area contributed by atoms with E-state index in [0.717, 1.165) is 5.56 Å². The molecule has 1 unspecified atom stereocenters. The molecule has 1 atom stereocenters. The molecule has 0 heterocycles. The second-order valence-electron chi connectivity index (χ2n) is 5.27. The number of carbonyl (C=O) groups is 1. The highest BCUT2D eigenvalue weighted by molar-refractivity contribution is 6.31. The number of anilines is 1. The fraction of sp³-hybridized carbons (Fsp3) is 0.235. The molecule has 2 aromatic rings. The van der Waals surface area contributed by atoms with Gasteiger partial charge in [0.05, 0.1) is 5.02 Å². The number of halogens is 3. The molecular weight excluding hydrogens is 338 g/mol. The second kappa shape index (κ2) is 8.29. The van der Waals surface area contributed by atoms with Crippen LogP contribution in [0.2, 0.25) is 10.0 Å². The number of amides is 1. The minimum atomic E-state index is -0.511. The number of nitrogens with one attached hydrogen (secondary N) is 2. The third-order valence-electron chi connectivity index (χ3n) is 3.54. The van der Waals surface area contributed by atoms with Crippen molar-refractivity contribution in [3.8, 4) is 0 Å². The highest BCUT2D eigenvalue weighted by Crippen LogP contribution is 2.24. The number of hydrogen-bond acceptors (Lipinski definition) is 2. The molecule has 0 spiro atoms. The van der Waals surface area contributed by atoms with Gasteiger partial charge in [-0.05, 0) is 41.3 Å². The molecule has 0 aliphatic heterocycles. The quantitative estimate of drug-likeness (QED) is 0.713. The number of carbonyl (C=O) groups excluding carboxylic acids is 1. The van der Waals surface area contributed by atoms with Gasteiger partial charge in [0.2, 0.25) is 6.41 Å². The Kier molecular flexibility index (Phi) is 6.39. The van der Waals surface area contributed by atoms with E-state index in [0.29, 0.717) is 35.8 Å². The Balaban J connectivity index is 2.00. The SMILES string of the molecule is CC(CNCc1cc(F)c(Cl)cc1NC=O)c1cccc(Cl)c1.